The Morgan fingerprint density at radius 1 is 0.647 bits per heavy atom. The van der Waals surface area contributed by atoms with Crippen molar-refractivity contribution in [2.24, 2.45) is 16.7 Å². The van der Waals surface area contributed by atoms with E-state index in [1.165, 1.54) is 0 Å². The topological polar surface area (TPSA) is 70.2 Å². The van der Waals surface area contributed by atoms with Gasteiger partial charge in [-0.1, -0.05) is 48.0 Å². The zero-order valence-corrected chi connectivity index (χ0v) is 24.8. The summed E-state index contributed by atoms with van der Waals surface area (Å²) >= 11 is 0. The number of unbranched alkanes of at least 4 members (excludes halogenated alkanes) is 2. The van der Waals surface area contributed by atoms with Crippen LogP contribution in [0.4, 0.5) is 0 Å². The van der Waals surface area contributed by atoms with Crippen molar-refractivity contribution in [1.29, 1.82) is 0 Å². The third-order valence-electron chi connectivity index (χ3n) is 5.81. The standard InChI is InChI=1S/C29H59N3O2/c1-26(2,3)21-22(17-13-15-19-30-28(7,8)9)25(34)32-23(24(33)27(4,5)6)18-14-16-20-31-29(10,11)12/h22-23,30-31H,13-21H2,1-12H3,(H,32,34). The van der Waals surface area contributed by atoms with Gasteiger partial charge in [0.05, 0.1) is 6.04 Å². The zero-order valence-electron chi connectivity index (χ0n) is 24.8. The first kappa shape index (κ1) is 33.1. The number of nitrogens with one attached hydrogen (secondary N) is 3. The third kappa shape index (κ3) is 17.5. The van der Waals surface area contributed by atoms with Gasteiger partial charge in [0, 0.05) is 22.4 Å². The second-order valence-electron chi connectivity index (χ2n) is 14.5. The summed E-state index contributed by atoms with van der Waals surface area (Å²) in [7, 11) is 0. The van der Waals surface area contributed by atoms with E-state index in [1.807, 2.05) is 20.8 Å². The summed E-state index contributed by atoms with van der Waals surface area (Å²) in [5, 5.41) is 10.2. The molecule has 202 valence electrons. The molecular formula is C29H59N3O2. The van der Waals surface area contributed by atoms with Crippen molar-refractivity contribution in [3.8, 4) is 0 Å². The molecule has 0 aromatic rings. The number of hydrogen-bond donors (Lipinski definition) is 3. The Kier molecular flexibility index (Phi) is 13.6. The Morgan fingerprint density at radius 3 is 1.47 bits per heavy atom. The summed E-state index contributed by atoms with van der Waals surface area (Å²) in [6.07, 6.45) is 6.36. The number of hydrogen-bond acceptors (Lipinski definition) is 4. The minimum atomic E-state index is -0.472. The molecule has 0 saturated heterocycles. The fourth-order valence-corrected chi connectivity index (χ4v) is 4.06. The van der Waals surface area contributed by atoms with Crippen LogP contribution < -0.4 is 16.0 Å². The molecule has 0 aliphatic carbocycles. The van der Waals surface area contributed by atoms with Crippen molar-refractivity contribution >= 4 is 11.7 Å². The predicted molar refractivity (Wildman–Crippen MR) is 147 cm³/mol. The minimum absolute atomic E-state index is 0.0501. The molecule has 0 saturated carbocycles. The lowest BCUT2D eigenvalue weighted by atomic mass is 9.81. The van der Waals surface area contributed by atoms with Gasteiger partial charge in [0.15, 0.2) is 5.78 Å². The van der Waals surface area contributed by atoms with Crippen molar-refractivity contribution in [3.63, 3.8) is 0 Å². The molecule has 0 bridgehead atoms. The highest BCUT2D eigenvalue weighted by Crippen LogP contribution is 2.28. The highest BCUT2D eigenvalue weighted by Gasteiger charge is 2.33. The SMILES string of the molecule is CC(C)(C)CC(CCCCNC(C)(C)C)C(=O)NC(CCCCNC(C)(C)C)C(=O)C(C)(C)C. The first-order chi connectivity index (χ1) is 15.2. The summed E-state index contributed by atoms with van der Waals surface area (Å²) in [6.45, 7) is 27.3. The maximum Gasteiger partial charge on any atom is 0.223 e. The van der Waals surface area contributed by atoms with Crippen molar-refractivity contribution in [1.82, 2.24) is 16.0 Å². The molecule has 0 aliphatic rings. The Morgan fingerprint density at radius 2 is 1.09 bits per heavy atom. The summed E-state index contributed by atoms with van der Waals surface area (Å²) in [5.74, 6) is 0.120. The van der Waals surface area contributed by atoms with Gasteiger partial charge in [-0.2, -0.15) is 0 Å². The van der Waals surface area contributed by atoms with E-state index in [0.29, 0.717) is 6.42 Å². The van der Waals surface area contributed by atoms with Crippen LogP contribution in [-0.4, -0.2) is 41.9 Å². The summed E-state index contributed by atoms with van der Waals surface area (Å²) in [4.78, 5) is 26.6. The van der Waals surface area contributed by atoms with Crippen LogP contribution in [0.5, 0.6) is 0 Å². The Labute approximate surface area is 212 Å². The average molecular weight is 482 g/mol. The molecule has 0 heterocycles. The van der Waals surface area contributed by atoms with Gasteiger partial charge in [-0.05, 0) is 98.6 Å². The smallest absolute Gasteiger partial charge is 0.223 e. The molecule has 0 radical (unpaired) electrons. The van der Waals surface area contributed by atoms with E-state index >= 15 is 0 Å². The van der Waals surface area contributed by atoms with Crippen LogP contribution in [0.2, 0.25) is 0 Å². The molecule has 0 aliphatic heterocycles. The second-order valence-corrected chi connectivity index (χ2v) is 14.5. The molecular weight excluding hydrogens is 422 g/mol. The summed E-state index contributed by atoms with van der Waals surface area (Å²) in [6, 6.07) is -0.410. The van der Waals surface area contributed by atoms with E-state index in [0.717, 1.165) is 51.6 Å². The molecule has 0 rings (SSSR count). The van der Waals surface area contributed by atoms with Gasteiger partial charge in [-0.3, -0.25) is 9.59 Å². The van der Waals surface area contributed by atoms with Gasteiger partial charge in [0.1, 0.15) is 0 Å². The zero-order chi connectivity index (χ0) is 26.8. The minimum Gasteiger partial charge on any atom is -0.346 e. The van der Waals surface area contributed by atoms with Gasteiger partial charge in [-0.25, -0.2) is 0 Å². The van der Waals surface area contributed by atoms with Crippen LogP contribution in [0.15, 0.2) is 0 Å². The van der Waals surface area contributed by atoms with Gasteiger partial charge >= 0.3 is 0 Å². The first-order valence-corrected chi connectivity index (χ1v) is 13.6. The lowest BCUT2D eigenvalue weighted by Crippen LogP contribution is -2.48. The van der Waals surface area contributed by atoms with Crippen molar-refractivity contribution in [3.05, 3.63) is 0 Å². The lowest BCUT2D eigenvalue weighted by Gasteiger charge is -2.30. The van der Waals surface area contributed by atoms with E-state index in [4.69, 9.17) is 0 Å². The predicted octanol–water partition coefficient (Wildman–Crippen LogP) is 6.26. The van der Waals surface area contributed by atoms with Crippen LogP contribution >= 0.6 is 0 Å². The van der Waals surface area contributed by atoms with Crippen molar-refractivity contribution < 1.29 is 9.59 Å². The van der Waals surface area contributed by atoms with E-state index in [1.54, 1.807) is 0 Å². The molecule has 0 spiro atoms. The average Bonchev–Trinajstić information content (AvgIpc) is 2.61. The van der Waals surface area contributed by atoms with Crippen molar-refractivity contribution in [2.75, 3.05) is 13.1 Å². The third-order valence-corrected chi connectivity index (χ3v) is 5.81. The molecule has 5 heteroatoms. The van der Waals surface area contributed by atoms with E-state index in [-0.39, 0.29) is 34.1 Å². The molecule has 0 fully saturated rings. The van der Waals surface area contributed by atoms with Gasteiger partial charge in [-0.15, -0.1) is 0 Å². The quantitative estimate of drug-likeness (QED) is 0.256. The number of rotatable bonds is 14. The number of carbonyl (C=O) groups is 2. The number of ketones is 1. The summed E-state index contributed by atoms with van der Waals surface area (Å²) < 4.78 is 0. The van der Waals surface area contributed by atoms with E-state index in [9.17, 15) is 9.59 Å². The van der Waals surface area contributed by atoms with E-state index in [2.05, 4.69) is 78.3 Å². The number of amides is 1. The largest absolute Gasteiger partial charge is 0.346 e. The maximum absolute atomic E-state index is 13.4. The monoisotopic (exact) mass is 481 g/mol. The number of carbonyl (C=O) groups excluding carboxylic acids is 2. The molecule has 0 aromatic heterocycles. The van der Waals surface area contributed by atoms with Gasteiger partial charge in [0.25, 0.3) is 0 Å². The van der Waals surface area contributed by atoms with E-state index < -0.39 is 11.5 Å². The van der Waals surface area contributed by atoms with Crippen LogP contribution in [0.1, 0.15) is 128 Å². The molecule has 1 amide bonds. The van der Waals surface area contributed by atoms with Gasteiger partial charge in [0.2, 0.25) is 5.91 Å². The van der Waals surface area contributed by atoms with Crippen LogP contribution in [0.25, 0.3) is 0 Å². The highest BCUT2D eigenvalue weighted by molar-refractivity contribution is 5.92. The molecule has 5 nitrogen and oxygen atoms in total. The Hall–Kier alpha value is -0.940. The van der Waals surface area contributed by atoms with Gasteiger partial charge < -0.3 is 16.0 Å². The maximum atomic E-state index is 13.4. The Balaban J connectivity index is 5.12. The second kappa shape index (κ2) is 14.0. The fourth-order valence-electron chi connectivity index (χ4n) is 4.06. The lowest BCUT2D eigenvalue weighted by molar-refractivity contribution is -0.134. The highest BCUT2D eigenvalue weighted by atomic mass is 16.2. The van der Waals surface area contributed by atoms with Crippen LogP contribution in [0.3, 0.4) is 0 Å². The first-order valence-electron chi connectivity index (χ1n) is 13.6. The fraction of sp³-hybridized carbons (Fsp3) is 0.931. The normalized spacial score (nSPS) is 15.2. The number of Topliss-reactive ketones (excluding diaryl/α,β-unsaturated/α-hetero) is 1. The Bertz CT molecular complexity index is 601. The molecule has 2 atom stereocenters. The van der Waals surface area contributed by atoms with Crippen molar-refractivity contribution in [2.45, 2.75) is 145 Å². The molecule has 34 heavy (non-hydrogen) atoms. The summed E-state index contributed by atoms with van der Waals surface area (Å²) in [5.41, 5.74) is -0.198. The van der Waals surface area contributed by atoms with Crippen LogP contribution in [0, 0.1) is 16.7 Å². The molecule has 3 N–H and O–H groups in total. The molecule has 0 aromatic carbocycles. The van der Waals surface area contributed by atoms with Crippen LogP contribution in [-0.2, 0) is 9.59 Å². The molecule has 2 unspecified atom stereocenters.